The highest BCUT2D eigenvalue weighted by molar-refractivity contribution is 5.24. The number of halogens is 1. The quantitative estimate of drug-likeness (QED) is 0.900. The minimum Gasteiger partial charge on any atom is -0.306 e. The first-order valence-corrected chi connectivity index (χ1v) is 6.03. The molecule has 0 fully saturated rings. The van der Waals surface area contributed by atoms with Crippen LogP contribution in [0.15, 0.2) is 30.6 Å². The van der Waals surface area contributed by atoms with Crippen LogP contribution in [0, 0.1) is 12.7 Å². The van der Waals surface area contributed by atoms with Gasteiger partial charge in [-0.05, 0) is 31.0 Å². The SMILES string of the molecule is Cc1cc(CNC(C)c2cnn(C)c2)ccc1F. The van der Waals surface area contributed by atoms with E-state index in [4.69, 9.17) is 0 Å². The Hall–Kier alpha value is -1.68. The van der Waals surface area contributed by atoms with Crippen LogP contribution in [-0.4, -0.2) is 9.78 Å². The highest BCUT2D eigenvalue weighted by Gasteiger charge is 2.07. The Kier molecular flexibility index (Phi) is 3.77. The second kappa shape index (κ2) is 5.31. The van der Waals surface area contributed by atoms with Gasteiger partial charge in [0.15, 0.2) is 0 Å². The van der Waals surface area contributed by atoms with Gasteiger partial charge in [-0.2, -0.15) is 5.10 Å². The molecule has 2 rings (SSSR count). The fourth-order valence-corrected chi connectivity index (χ4v) is 1.87. The summed E-state index contributed by atoms with van der Waals surface area (Å²) in [7, 11) is 1.90. The van der Waals surface area contributed by atoms with Crippen LogP contribution in [0.3, 0.4) is 0 Å². The van der Waals surface area contributed by atoms with Crippen LogP contribution in [0.5, 0.6) is 0 Å². The van der Waals surface area contributed by atoms with E-state index in [1.807, 2.05) is 31.6 Å². The first kappa shape index (κ1) is 12.8. The van der Waals surface area contributed by atoms with Crippen molar-refractivity contribution in [2.75, 3.05) is 0 Å². The topological polar surface area (TPSA) is 29.9 Å². The Morgan fingerprint density at radius 2 is 2.22 bits per heavy atom. The third-order valence-electron chi connectivity index (χ3n) is 3.06. The van der Waals surface area contributed by atoms with Gasteiger partial charge in [-0.1, -0.05) is 12.1 Å². The van der Waals surface area contributed by atoms with Crippen molar-refractivity contribution in [3.63, 3.8) is 0 Å². The zero-order valence-electron chi connectivity index (χ0n) is 10.9. The van der Waals surface area contributed by atoms with Gasteiger partial charge in [-0.15, -0.1) is 0 Å². The van der Waals surface area contributed by atoms with Crippen molar-refractivity contribution in [1.29, 1.82) is 0 Å². The van der Waals surface area contributed by atoms with E-state index in [0.29, 0.717) is 5.56 Å². The number of rotatable bonds is 4. The molecule has 0 amide bonds. The van der Waals surface area contributed by atoms with Gasteiger partial charge in [-0.25, -0.2) is 4.39 Å². The Balaban J connectivity index is 1.97. The van der Waals surface area contributed by atoms with Gasteiger partial charge in [0, 0.05) is 31.4 Å². The molecule has 1 heterocycles. The smallest absolute Gasteiger partial charge is 0.126 e. The molecule has 0 bridgehead atoms. The lowest BCUT2D eigenvalue weighted by Gasteiger charge is -2.12. The van der Waals surface area contributed by atoms with E-state index in [0.717, 1.165) is 17.7 Å². The molecule has 96 valence electrons. The van der Waals surface area contributed by atoms with Crippen LogP contribution in [0.2, 0.25) is 0 Å². The summed E-state index contributed by atoms with van der Waals surface area (Å²) in [4.78, 5) is 0. The molecular weight excluding hydrogens is 229 g/mol. The molecule has 0 saturated heterocycles. The Morgan fingerprint density at radius 1 is 1.44 bits per heavy atom. The van der Waals surface area contributed by atoms with E-state index in [1.54, 1.807) is 11.6 Å². The summed E-state index contributed by atoms with van der Waals surface area (Å²) < 4.78 is 14.9. The molecule has 1 aromatic carbocycles. The fourth-order valence-electron chi connectivity index (χ4n) is 1.87. The zero-order valence-corrected chi connectivity index (χ0v) is 10.9. The lowest BCUT2D eigenvalue weighted by atomic mass is 10.1. The van der Waals surface area contributed by atoms with Gasteiger partial charge in [0.2, 0.25) is 0 Å². The Labute approximate surface area is 107 Å². The second-order valence-corrected chi connectivity index (χ2v) is 4.63. The molecule has 0 aliphatic heterocycles. The van der Waals surface area contributed by atoms with E-state index in [-0.39, 0.29) is 11.9 Å². The highest BCUT2D eigenvalue weighted by Crippen LogP contribution is 2.13. The summed E-state index contributed by atoms with van der Waals surface area (Å²) in [6, 6.07) is 5.43. The average molecular weight is 247 g/mol. The molecule has 4 heteroatoms. The summed E-state index contributed by atoms with van der Waals surface area (Å²) in [5.41, 5.74) is 2.92. The van der Waals surface area contributed by atoms with Crippen molar-refractivity contribution in [2.24, 2.45) is 7.05 Å². The molecule has 1 unspecified atom stereocenters. The lowest BCUT2D eigenvalue weighted by Crippen LogP contribution is -2.17. The summed E-state index contributed by atoms with van der Waals surface area (Å²) in [6.45, 7) is 4.59. The first-order valence-electron chi connectivity index (χ1n) is 6.03. The minimum atomic E-state index is -0.154. The number of nitrogens with zero attached hydrogens (tertiary/aromatic N) is 2. The molecule has 1 atom stereocenters. The molecule has 18 heavy (non-hydrogen) atoms. The number of aryl methyl sites for hydroxylation is 2. The number of benzene rings is 1. The summed E-state index contributed by atoms with van der Waals surface area (Å²) in [6.07, 6.45) is 3.85. The molecule has 0 spiro atoms. The molecule has 2 aromatic rings. The number of nitrogens with one attached hydrogen (secondary N) is 1. The van der Waals surface area contributed by atoms with Crippen molar-refractivity contribution < 1.29 is 4.39 Å². The van der Waals surface area contributed by atoms with Gasteiger partial charge in [0.05, 0.1) is 6.20 Å². The van der Waals surface area contributed by atoms with Crippen LogP contribution in [0.1, 0.15) is 29.7 Å². The minimum absolute atomic E-state index is 0.154. The largest absolute Gasteiger partial charge is 0.306 e. The molecule has 1 N–H and O–H groups in total. The van der Waals surface area contributed by atoms with Crippen molar-refractivity contribution >= 4 is 0 Å². The number of hydrogen-bond donors (Lipinski definition) is 1. The fraction of sp³-hybridized carbons (Fsp3) is 0.357. The van der Waals surface area contributed by atoms with Crippen LogP contribution in [0.25, 0.3) is 0 Å². The van der Waals surface area contributed by atoms with E-state index < -0.39 is 0 Å². The maximum atomic E-state index is 13.1. The molecule has 0 saturated carbocycles. The van der Waals surface area contributed by atoms with Crippen molar-refractivity contribution in [1.82, 2.24) is 15.1 Å². The van der Waals surface area contributed by atoms with Crippen LogP contribution in [0.4, 0.5) is 4.39 Å². The molecule has 1 aromatic heterocycles. The number of hydrogen-bond acceptors (Lipinski definition) is 2. The van der Waals surface area contributed by atoms with Crippen LogP contribution in [-0.2, 0) is 13.6 Å². The summed E-state index contributed by atoms with van der Waals surface area (Å²) >= 11 is 0. The van der Waals surface area contributed by atoms with E-state index in [2.05, 4.69) is 17.3 Å². The zero-order chi connectivity index (χ0) is 13.1. The van der Waals surface area contributed by atoms with Crippen LogP contribution < -0.4 is 5.32 Å². The van der Waals surface area contributed by atoms with E-state index in [9.17, 15) is 4.39 Å². The average Bonchev–Trinajstić information content (AvgIpc) is 2.77. The van der Waals surface area contributed by atoms with Gasteiger partial charge in [0.25, 0.3) is 0 Å². The van der Waals surface area contributed by atoms with Gasteiger partial charge < -0.3 is 5.32 Å². The third-order valence-corrected chi connectivity index (χ3v) is 3.06. The first-order chi connectivity index (χ1) is 8.56. The van der Waals surface area contributed by atoms with Gasteiger partial charge >= 0.3 is 0 Å². The van der Waals surface area contributed by atoms with E-state index >= 15 is 0 Å². The van der Waals surface area contributed by atoms with Crippen molar-refractivity contribution in [3.05, 3.63) is 53.1 Å². The normalized spacial score (nSPS) is 12.7. The standard InChI is InChI=1S/C14H18FN3/c1-10-6-12(4-5-14(10)15)7-16-11(2)13-8-17-18(3)9-13/h4-6,8-9,11,16H,7H2,1-3H3. The summed E-state index contributed by atoms with van der Waals surface area (Å²) in [5.74, 6) is -0.154. The van der Waals surface area contributed by atoms with Gasteiger partial charge in [0.1, 0.15) is 5.82 Å². The third kappa shape index (κ3) is 2.96. The van der Waals surface area contributed by atoms with Gasteiger partial charge in [-0.3, -0.25) is 4.68 Å². The molecule has 0 aliphatic rings. The predicted molar refractivity (Wildman–Crippen MR) is 69.6 cm³/mol. The monoisotopic (exact) mass is 247 g/mol. The highest BCUT2D eigenvalue weighted by atomic mass is 19.1. The summed E-state index contributed by atoms with van der Waals surface area (Å²) in [5, 5.41) is 7.54. The predicted octanol–water partition coefficient (Wildman–Crippen LogP) is 2.72. The second-order valence-electron chi connectivity index (χ2n) is 4.63. The Bertz CT molecular complexity index is 534. The number of aromatic nitrogens is 2. The molecule has 3 nitrogen and oxygen atoms in total. The maximum Gasteiger partial charge on any atom is 0.126 e. The van der Waals surface area contributed by atoms with Crippen LogP contribution >= 0.6 is 0 Å². The molecular formula is C14H18FN3. The van der Waals surface area contributed by atoms with Crippen molar-refractivity contribution in [3.8, 4) is 0 Å². The molecule has 0 aliphatic carbocycles. The maximum absolute atomic E-state index is 13.1. The Morgan fingerprint density at radius 3 is 2.83 bits per heavy atom. The lowest BCUT2D eigenvalue weighted by molar-refractivity contribution is 0.571. The van der Waals surface area contributed by atoms with E-state index in [1.165, 1.54) is 6.07 Å². The van der Waals surface area contributed by atoms with Crippen molar-refractivity contribution in [2.45, 2.75) is 26.4 Å². The molecule has 0 radical (unpaired) electrons.